The van der Waals surface area contributed by atoms with Crippen LogP contribution in [-0.2, 0) is 11.3 Å². The molecule has 0 bridgehead atoms. The van der Waals surface area contributed by atoms with Gasteiger partial charge >= 0.3 is 6.09 Å². The number of hydrogen-bond donors (Lipinski definition) is 1. The first-order chi connectivity index (χ1) is 12.5. The van der Waals surface area contributed by atoms with Crippen molar-refractivity contribution in [1.82, 2.24) is 9.80 Å². The van der Waals surface area contributed by atoms with Gasteiger partial charge in [-0.3, -0.25) is 4.90 Å². The number of piperazine rings is 1. The van der Waals surface area contributed by atoms with Gasteiger partial charge in [-0.25, -0.2) is 4.79 Å². The number of nitrogens with zero attached hydrogens (tertiary/aromatic N) is 5. The Bertz CT molecular complexity index is 770. The van der Waals surface area contributed by atoms with Crippen LogP contribution in [0.1, 0.15) is 43.0 Å². The molecular weight excluding hydrogens is 344 g/mol. The topological polar surface area (TPSA) is 108 Å². The number of carbonyl (C=O) groups is 1. The van der Waals surface area contributed by atoms with Gasteiger partial charge in [-0.2, -0.15) is 0 Å². The zero-order valence-electron chi connectivity index (χ0n) is 17.2. The highest BCUT2D eigenvalue weighted by molar-refractivity contribution is 5.71. The van der Waals surface area contributed by atoms with Crippen molar-refractivity contribution in [3.8, 4) is 0 Å². The van der Waals surface area contributed by atoms with E-state index in [9.17, 15) is 4.79 Å². The van der Waals surface area contributed by atoms with Crippen LogP contribution in [0.4, 0.5) is 16.2 Å². The molecule has 1 aliphatic rings. The minimum absolute atomic E-state index is 0.264. The summed E-state index contributed by atoms with van der Waals surface area (Å²) in [6.45, 7) is 14.9. The van der Waals surface area contributed by atoms with Gasteiger partial charge in [-0.15, -0.1) is 0 Å². The Morgan fingerprint density at radius 1 is 1.15 bits per heavy atom. The van der Waals surface area contributed by atoms with E-state index >= 15 is 0 Å². The van der Waals surface area contributed by atoms with Gasteiger partial charge in [0.1, 0.15) is 5.60 Å². The van der Waals surface area contributed by atoms with Gasteiger partial charge in [-0.1, -0.05) is 5.11 Å². The van der Waals surface area contributed by atoms with Gasteiger partial charge in [0.25, 0.3) is 0 Å². The molecule has 1 fully saturated rings. The molecular formula is C19H30N6O2. The molecule has 27 heavy (non-hydrogen) atoms. The largest absolute Gasteiger partial charge is 0.444 e. The van der Waals surface area contributed by atoms with Crippen LogP contribution in [-0.4, -0.2) is 47.7 Å². The number of nitrogen functional groups attached to an aromatic ring is 1. The van der Waals surface area contributed by atoms with E-state index in [-0.39, 0.29) is 6.09 Å². The molecule has 1 heterocycles. The van der Waals surface area contributed by atoms with E-state index in [0.717, 1.165) is 35.3 Å². The third-order valence-corrected chi connectivity index (χ3v) is 4.97. The molecule has 2 N–H and O–H groups in total. The predicted octanol–water partition coefficient (Wildman–Crippen LogP) is 4.19. The fraction of sp³-hybridized carbons (Fsp3) is 0.632. The summed E-state index contributed by atoms with van der Waals surface area (Å²) in [6.07, 6.45) is -0.264. The van der Waals surface area contributed by atoms with Crippen LogP contribution in [0, 0.1) is 20.8 Å². The maximum atomic E-state index is 12.2. The maximum absolute atomic E-state index is 12.2. The lowest BCUT2D eigenvalue weighted by Crippen LogP contribution is -2.49. The van der Waals surface area contributed by atoms with Crippen molar-refractivity contribution in [3.63, 3.8) is 0 Å². The molecule has 1 aliphatic heterocycles. The average molecular weight is 374 g/mol. The lowest BCUT2D eigenvalue weighted by Gasteiger charge is -2.36. The van der Waals surface area contributed by atoms with Crippen LogP contribution in [0.5, 0.6) is 0 Å². The molecule has 8 heteroatoms. The number of ether oxygens (including phenoxy) is 1. The minimum atomic E-state index is -0.487. The zero-order chi connectivity index (χ0) is 20.4. The van der Waals surface area contributed by atoms with E-state index in [2.05, 4.69) is 14.9 Å². The van der Waals surface area contributed by atoms with E-state index in [1.165, 1.54) is 0 Å². The van der Waals surface area contributed by atoms with Crippen LogP contribution in [0.15, 0.2) is 5.11 Å². The number of carbonyl (C=O) groups excluding carboxylic acids is 1. The number of amides is 1. The van der Waals surface area contributed by atoms with E-state index < -0.39 is 5.60 Å². The van der Waals surface area contributed by atoms with Gasteiger partial charge in [-0.05, 0) is 69.3 Å². The summed E-state index contributed by atoms with van der Waals surface area (Å²) < 4.78 is 5.45. The molecule has 2 rings (SSSR count). The molecule has 148 valence electrons. The summed E-state index contributed by atoms with van der Waals surface area (Å²) in [5.41, 5.74) is 19.8. The highest BCUT2D eigenvalue weighted by Gasteiger charge is 2.26. The zero-order valence-corrected chi connectivity index (χ0v) is 17.2. The molecule has 1 amide bonds. The summed E-state index contributed by atoms with van der Waals surface area (Å²) in [5.74, 6) is 0. The lowest BCUT2D eigenvalue weighted by atomic mass is 9.94. The SMILES string of the molecule is Cc1c(N)c(C)c(N=[N+]=[N-])c(C)c1CN1CCN(C(=O)OC(C)(C)C)CC1. The minimum Gasteiger partial charge on any atom is -0.444 e. The number of azide groups is 1. The Morgan fingerprint density at radius 3 is 2.26 bits per heavy atom. The molecule has 0 aromatic heterocycles. The molecule has 0 unspecified atom stereocenters. The molecule has 0 aliphatic carbocycles. The van der Waals surface area contributed by atoms with E-state index in [1.807, 2.05) is 41.5 Å². The Kier molecular flexibility index (Phi) is 6.23. The summed E-state index contributed by atoms with van der Waals surface area (Å²) in [5, 5.41) is 3.84. The number of hydrogen-bond acceptors (Lipinski definition) is 5. The molecule has 1 saturated heterocycles. The second kappa shape index (κ2) is 8.06. The predicted molar refractivity (Wildman–Crippen MR) is 107 cm³/mol. The van der Waals surface area contributed by atoms with Crippen molar-refractivity contribution in [1.29, 1.82) is 0 Å². The van der Waals surface area contributed by atoms with Gasteiger partial charge in [0.2, 0.25) is 0 Å². The second-order valence-electron chi connectivity index (χ2n) is 8.05. The lowest BCUT2D eigenvalue weighted by molar-refractivity contribution is 0.0138. The van der Waals surface area contributed by atoms with Crippen molar-refractivity contribution < 1.29 is 9.53 Å². The molecule has 0 radical (unpaired) electrons. The fourth-order valence-electron chi connectivity index (χ4n) is 3.35. The smallest absolute Gasteiger partial charge is 0.410 e. The van der Waals surface area contributed by atoms with E-state index in [4.69, 9.17) is 16.0 Å². The van der Waals surface area contributed by atoms with E-state index in [0.29, 0.717) is 31.0 Å². The standard InChI is InChI=1S/C19H30N6O2/c1-12-15(13(2)17(22-23-21)14(3)16(12)20)11-24-7-9-25(10-8-24)18(26)27-19(4,5)6/h7-11,20H2,1-6H3. The van der Waals surface area contributed by atoms with Crippen LogP contribution in [0.25, 0.3) is 10.4 Å². The van der Waals surface area contributed by atoms with Crippen LogP contribution in [0.3, 0.4) is 0 Å². The summed E-state index contributed by atoms with van der Waals surface area (Å²) in [4.78, 5) is 19.2. The molecule has 0 atom stereocenters. The number of benzene rings is 1. The van der Waals surface area contributed by atoms with Gasteiger partial charge in [0.15, 0.2) is 0 Å². The van der Waals surface area contributed by atoms with Crippen molar-refractivity contribution >= 4 is 17.5 Å². The number of nitrogens with two attached hydrogens (primary N) is 1. The highest BCUT2D eigenvalue weighted by Crippen LogP contribution is 2.35. The summed E-state index contributed by atoms with van der Waals surface area (Å²) >= 11 is 0. The Balaban J connectivity index is 2.12. The first kappa shape index (κ1) is 20.9. The monoisotopic (exact) mass is 374 g/mol. The van der Waals surface area contributed by atoms with Crippen molar-refractivity contribution in [2.24, 2.45) is 5.11 Å². The molecule has 0 saturated carbocycles. The number of anilines is 1. The van der Waals surface area contributed by atoms with Crippen molar-refractivity contribution in [2.75, 3.05) is 31.9 Å². The molecule has 1 aromatic rings. The first-order valence-corrected chi connectivity index (χ1v) is 9.18. The molecule has 0 spiro atoms. The van der Waals surface area contributed by atoms with Crippen molar-refractivity contribution in [3.05, 3.63) is 32.7 Å². The van der Waals surface area contributed by atoms with Crippen LogP contribution < -0.4 is 5.73 Å². The van der Waals surface area contributed by atoms with Crippen LogP contribution >= 0.6 is 0 Å². The average Bonchev–Trinajstić information content (AvgIpc) is 2.60. The maximum Gasteiger partial charge on any atom is 0.410 e. The van der Waals surface area contributed by atoms with Crippen molar-refractivity contribution in [2.45, 2.75) is 53.7 Å². The molecule has 1 aromatic carbocycles. The van der Waals surface area contributed by atoms with Gasteiger partial charge < -0.3 is 15.4 Å². The Hall–Kier alpha value is -2.44. The van der Waals surface area contributed by atoms with Gasteiger partial charge in [0, 0.05) is 49.0 Å². The third kappa shape index (κ3) is 4.84. The quantitative estimate of drug-likeness (QED) is 0.370. The van der Waals surface area contributed by atoms with Gasteiger partial charge in [0.05, 0.1) is 0 Å². The Labute approximate surface area is 160 Å². The highest BCUT2D eigenvalue weighted by atomic mass is 16.6. The number of rotatable bonds is 3. The first-order valence-electron chi connectivity index (χ1n) is 9.18. The normalized spacial score (nSPS) is 15.4. The summed E-state index contributed by atoms with van der Waals surface area (Å²) in [7, 11) is 0. The second-order valence-corrected chi connectivity index (χ2v) is 8.05. The summed E-state index contributed by atoms with van der Waals surface area (Å²) in [6, 6.07) is 0. The molecule has 8 nitrogen and oxygen atoms in total. The Morgan fingerprint density at radius 2 is 1.74 bits per heavy atom. The fourth-order valence-corrected chi connectivity index (χ4v) is 3.35. The van der Waals surface area contributed by atoms with E-state index in [1.54, 1.807) is 4.90 Å². The van der Waals surface area contributed by atoms with Crippen LogP contribution in [0.2, 0.25) is 0 Å². The third-order valence-electron chi connectivity index (χ3n) is 4.97.